The average molecular weight is 474 g/mol. The summed E-state index contributed by atoms with van der Waals surface area (Å²) >= 11 is 0. The van der Waals surface area contributed by atoms with Gasteiger partial charge in [0.15, 0.2) is 0 Å². The van der Waals surface area contributed by atoms with Gasteiger partial charge in [0.1, 0.15) is 0 Å². The van der Waals surface area contributed by atoms with E-state index in [0.29, 0.717) is 16.3 Å². The topological polar surface area (TPSA) is 38.5 Å². The van der Waals surface area contributed by atoms with Gasteiger partial charge in [-0.25, -0.2) is 4.40 Å². The fraction of sp³-hybridized carbons (Fsp3) is 0. The highest BCUT2D eigenvalue weighted by Gasteiger charge is 2.18. The summed E-state index contributed by atoms with van der Waals surface area (Å²) in [5.74, 6) is 0. The summed E-state index contributed by atoms with van der Waals surface area (Å²) in [5, 5.41) is 9.50. The molecule has 0 aliphatic rings. The number of pyridine rings is 2. The van der Waals surface area contributed by atoms with E-state index in [9.17, 15) is 9.59 Å². The van der Waals surface area contributed by atoms with Crippen LogP contribution in [0, 0.1) is 0 Å². The molecule has 2 aromatic heterocycles. The summed E-state index contributed by atoms with van der Waals surface area (Å²) in [6.45, 7) is 0. The highest BCUT2D eigenvalue weighted by molar-refractivity contribution is 6.19. The second kappa shape index (κ2) is 7.25. The molecule has 8 aromatic rings. The van der Waals surface area contributed by atoms with Crippen molar-refractivity contribution in [1.82, 2.24) is 4.40 Å². The fourth-order valence-electron chi connectivity index (χ4n) is 5.99. The van der Waals surface area contributed by atoms with Crippen molar-refractivity contribution in [3.63, 3.8) is 0 Å². The Morgan fingerprint density at radius 3 is 1.54 bits per heavy atom. The van der Waals surface area contributed by atoms with Gasteiger partial charge in [0.2, 0.25) is 0 Å². The minimum Gasteiger partial charge on any atom is -0.268 e. The molecule has 0 bridgehead atoms. The third-order valence-corrected chi connectivity index (χ3v) is 7.71. The van der Waals surface area contributed by atoms with E-state index in [2.05, 4.69) is 66.7 Å². The average Bonchev–Trinajstić information content (AvgIpc) is 2.96. The van der Waals surface area contributed by atoms with Crippen molar-refractivity contribution in [1.29, 1.82) is 0 Å². The van der Waals surface area contributed by atoms with Gasteiger partial charge in [-0.3, -0.25) is 9.59 Å². The van der Waals surface area contributed by atoms with E-state index in [1.807, 2.05) is 48.5 Å². The van der Waals surface area contributed by atoms with Crippen molar-refractivity contribution >= 4 is 59.4 Å². The van der Waals surface area contributed by atoms with E-state index in [1.165, 1.54) is 25.9 Å². The maximum Gasteiger partial charge on any atom is 0.266 e. The van der Waals surface area contributed by atoms with E-state index in [4.69, 9.17) is 0 Å². The van der Waals surface area contributed by atoms with Gasteiger partial charge in [0.05, 0.1) is 5.52 Å². The molecule has 0 radical (unpaired) electrons. The maximum atomic E-state index is 13.5. The normalized spacial score (nSPS) is 12.0. The number of aromatic nitrogens is 1. The van der Waals surface area contributed by atoms with Crippen LogP contribution in [0.1, 0.15) is 0 Å². The fourth-order valence-corrected chi connectivity index (χ4v) is 5.99. The lowest BCUT2D eigenvalue weighted by molar-refractivity contribution is 1.09. The molecular weight excluding hydrogens is 454 g/mol. The van der Waals surface area contributed by atoms with Crippen LogP contribution in [0.5, 0.6) is 0 Å². The van der Waals surface area contributed by atoms with Crippen molar-refractivity contribution in [2.75, 3.05) is 0 Å². The van der Waals surface area contributed by atoms with Crippen LogP contribution in [-0.2, 0) is 0 Å². The standard InChI is InChI=1S/C34H19NO2/c36-33-28-11-5-3-9-26(28)30-18-23(19-31-27-10-4-6-12-29(27)34(37)35(33)32(30)31)21-15-16-25-22(17-21)14-13-20-7-1-2-8-24(20)25/h1-19H. The summed E-state index contributed by atoms with van der Waals surface area (Å²) in [7, 11) is 0. The van der Waals surface area contributed by atoms with E-state index < -0.39 is 0 Å². The molecule has 0 aliphatic carbocycles. The number of fused-ring (bicyclic) bond motifs is 7. The Morgan fingerprint density at radius 2 is 0.892 bits per heavy atom. The van der Waals surface area contributed by atoms with E-state index in [0.717, 1.165) is 32.7 Å². The zero-order valence-electron chi connectivity index (χ0n) is 19.7. The van der Waals surface area contributed by atoms with Crippen LogP contribution in [0.2, 0.25) is 0 Å². The molecule has 0 saturated carbocycles. The van der Waals surface area contributed by atoms with Crippen LogP contribution < -0.4 is 11.1 Å². The summed E-state index contributed by atoms with van der Waals surface area (Å²) in [4.78, 5) is 27.1. The molecule has 2 heterocycles. The largest absolute Gasteiger partial charge is 0.268 e. The molecule has 37 heavy (non-hydrogen) atoms. The van der Waals surface area contributed by atoms with Crippen molar-refractivity contribution in [2.45, 2.75) is 0 Å². The van der Waals surface area contributed by atoms with Crippen molar-refractivity contribution in [3.05, 3.63) is 136 Å². The second-order valence-corrected chi connectivity index (χ2v) is 9.68. The number of rotatable bonds is 1. The Hall–Kier alpha value is -5.02. The minimum absolute atomic E-state index is 0.269. The molecule has 0 unspecified atom stereocenters. The first-order valence-electron chi connectivity index (χ1n) is 12.4. The smallest absolute Gasteiger partial charge is 0.266 e. The summed E-state index contributed by atoms with van der Waals surface area (Å²) < 4.78 is 1.37. The molecule has 3 heteroatoms. The first kappa shape index (κ1) is 20.2. The van der Waals surface area contributed by atoms with Gasteiger partial charge in [-0.15, -0.1) is 0 Å². The van der Waals surface area contributed by atoms with Gasteiger partial charge in [0, 0.05) is 21.5 Å². The van der Waals surface area contributed by atoms with Gasteiger partial charge >= 0.3 is 0 Å². The third-order valence-electron chi connectivity index (χ3n) is 7.71. The van der Waals surface area contributed by atoms with Crippen LogP contribution in [0.25, 0.3) is 70.5 Å². The summed E-state index contributed by atoms with van der Waals surface area (Å²) in [6.07, 6.45) is 0. The molecule has 0 aliphatic heterocycles. The lowest BCUT2D eigenvalue weighted by Crippen LogP contribution is -2.27. The number of hydrogen-bond donors (Lipinski definition) is 0. The Balaban J connectivity index is 1.55. The van der Waals surface area contributed by atoms with Gasteiger partial charge in [-0.1, -0.05) is 84.9 Å². The summed E-state index contributed by atoms with van der Waals surface area (Å²) in [6, 6.07) is 38.8. The monoisotopic (exact) mass is 473 g/mol. The molecule has 8 rings (SSSR count). The van der Waals surface area contributed by atoms with Crippen molar-refractivity contribution in [2.24, 2.45) is 0 Å². The lowest BCUT2D eigenvalue weighted by Gasteiger charge is -2.15. The lowest BCUT2D eigenvalue weighted by atomic mass is 9.93. The van der Waals surface area contributed by atoms with Gasteiger partial charge in [-0.2, -0.15) is 0 Å². The van der Waals surface area contributed by atoms with Crippen molar-refractivity contribution < 1.29 is 0 Å². The molecule has 172 valence electrons. The van der Waals surface area contributed by atoms with Gasteiger partial charge < -0.3 is 0 Å². The first-order valence-corrected chi connectivity index (χ1v) is 12.4. The van der Waals surface area contributed by atoms with Crippen LogP contribution in [-0.4, -0.2) is 4.40 Å². The molecule has 0 amide bonds. The SMILES string of the molecule is O=c1c2ccccc2c2cc(-c3ccc4c(ccc5ccccc54)c3)cc3c4ccccc4c(=O)n1c23. The van der Waals surface area contributed by atoms with E-state index in [-0.39, 0.29) is 11.1 Å². The number of benzene rings is 6. The molecule has 3 nitrogen and oxygen atoms in total. The predicted octanol–water partition coefficient (Wildman–Crippen LogP) is 7.53. The van der Waals surface area contributed by atoms with Gasteiger partial charge in [-0.05, 0) is 73.8 Å². The highest BCUT2D eigenvalue weighted by atomic mass is 16.2. The molecule has 0 fully saturated rings. The number of hydrogen-bond acceptors (Lipinski definition) is 2. The highest BCUT2D eigenvalue weighted by Crippen LogP contribution is 2.36. The van der Waals surface area contributed by atoms with Crippen molar-refractivity contribution in [3.8, 4) is 11.1 Å². The quantitative estimate of drug-likeness (QED) is 0.183. The van der Waals surface area contributed by atoms with E-state index >= 15 is 0 Å². The van der Waals surface area contributed by atoms with Crippen LogP contribution in [0.3, 0.4) is 0 Å². The van der Waals surface area contributed by atoms with E-state index in [1.54, 1.807) is 0 Å². The van der Waals surface area contributed by atoms with Gasteiger partial charge in [0.25, 0.3) is 11.1 Å². The van der Waals surface area contributed by atoms with Crippen LogP contribution in [0.15, 0.2) is 125 Å². The Bertz CT molecular complexity index is 2250. The molecule has 6 aromatic carbocycles. The third kappa shape index (κ3) is 2.71. The van der Waals surface area contributed by atoms with Crippen LogP contribution in [0.4, 0.5) is 0 Å². The Kier molecular flexibility index (Phi) is 3.96. The second-order valence-electron chi connectivity index (χ2n) is 9.68. The zero-order chi connectivity index (χ0) is 24.7. The Morgan fingerprint density at radius 1 is 0.378 bits per heavy atom. The zero-order valence-corrected chi connectivity index (χ0v) is 19.7. The first-order chi connectivity index (χ1) is 18.2. The minimum atomic E-state index is -0.269. The predicted molar refractivity (Wildman–Crippen MR) is 154 cm³/mol. The maximum absolute atomic E-state index is 13.5. The molecule has 0 atom stereocenters. The molecule has 0 saturated heterocycles. The number of nitrogens with zero attached hydrogens (tertiary/aromatic N) is 1. The summed E-state index contributed by atoms with van der Waals surface area (Å²) in [5.41, 5.74) is 2.29. The molecule has 0 spiro atoms. The van der Waals surface area contributed by atoms with Crippen LogP contribution >= 0.6 is 0 Å². The Labute approximate surface area is 210 Å². The molecular formula is C34H19NO2. The molecule has 0 N–H and O–H groups in total.